The van der Waals surface area contributed by atoms with Crippen LogP contribution in [0.2, 0.25) is 0 Å². The minimum absolute atomic E-state index is 0.0547. The number of rotatable bonds is 6. The Hall–Kier alpha value is -2.66. The van der Waals surface area contributed by atoms with Crippen LogP contribution in [0.1, 0.15) is 18.4 Å². The third kappa shape index (κ3) is 5.35. The van der Waals surface area contributed by atoms with E-state index < -0.39 is 52.1 Å². The summed E-state index contributed by atoms with van der Waals surface area (Å²) in [6.07, 6.45) is -2.43. The molecule has 2 fully saturated rings. The fourth-order valence-electron chi connectivity index (χ4n) is 4.74. The third-order valence-electron chi connectivity index (χ3n) is 6.46. The maximum absolute atomic E-state index is 15.5. The zero-order chi connectivity index (χ0) is 24.7. The first-order valence-corrected chi connectivity index (χ1v) is 12.7. The van der Waals surface area contributed by atoms with Crippen LogP contribution < -0.4 is 10.0 Å². The summed E-state index contributed by atoms with van der Waals surface area (Å²) in [7, 11) is -3.69. The highest BCUT2D eigenvalue weighted by Gasteiger charge is 2.61. The number of hydrogen-bond donors (Lipinski definition) is 2. The van der Waals surface area contributed by atoms with Gasteiger partial charge in [-0.25, -0.2) is 22.3 Å². The summed E-state index contributed by atoms with van der Waals surface area (Å²) in [6, 6.07) is 11.1. The van der Waals surface area contributed by atoms with E-state index in [4.69, 9.17) is 0 Å². The Morgan fingerprint density at radius 1 is 1.12 bits per heavy atom. The lowest BCUT2D eigenvalue weighted by molar-refractivity contribution is -0.123. The average molecular weight is 500 g/mol. The van der Waals surface area contributed by atoms with E-state index in [1.807, 2.05) is 5.32 Å². The lowest BCUT2D eigenvalue weighted by Crippen LogP contribution is -2.52. The van der Waals surface area contributed by atoms with Gasteiger partial charge in [0.25, 0.3) is 0 Å². The van der Waals surface area contributed by atoms with Crippen molar-refractivity contribution in [1.29, 1.82) is 0 Å². The number of carbonyl (C=O) groups excluding carboxylic acids is 1. The van der Waals surface area contributed by atoms with Gasteiger partial charge in [0.2, 0.25) is 10.0 Å². The van der Waals surface area contributed by atoms with E-state index in [0.29, 0.717) is 24.0 Å². The molecule has 11 heteroatoms. The maximum Gasteiger partial charge on any atom is 0.405 e. The van der Waals surface area contributed by atoms with Gasteiger partial charge in [-0.05, 0) is 30.4 Å². The maximum atomic E-state index is 15.5. The number of amides is 2. The van der Waals surface area contributed by atoms with Crippen molar-refractivity contribution in [3.8, 4) is 11.1 Å². The highest BCUT2D eigenvalue weighted by Crippen LogP contribution is 2.55. The van der Waals surface area contributed by atoms with E-state index in [1.165, 1.54) is 4.90 Å². The first-order chi connectivity index (χ1) is 15.9. The summed E-state index contributed by atoms with van der Waals surface area (Å²) < 4.78 is 80.3. The zero-order valence-corrected chi connectivity index (χ0v) is 19.2. The Kier molecular flexibility index (Phi) is 6.36. The first kappa shape index (κ1) is 24.5. The number of benzene rings is 2. The number of nitrogens with zero attached hydrogens (tertiary/aromatic N) is 1. The molecule has 0 radical (unpaired) electrons. The lowest BCUT2D eigenvalue weighted by Gasteiger charge is -2.29. The summed E-state index contributed by atoms with van der Waals surface area (Å²) in [6.45, 7) is -1.42. The Morgan fingerprint density at radius 3 is 2.38 bits per heavy atom. The number of alkyl halides is 3. The smallest absolute Gasteiger partial charge is 0.329 e. The molecule has 6 nitrogen and oxygen atoms in total. The van der Waals surface area contributed by atoms with Gasteiger partial charge < -0.3 is 10.2 Å². The summed E-state index contributed by atoms with van der Waals surface area (Å²) >= 11 is 0. The van der Waals surface area contributed by atoms with Crippen LogP contribution in [0.15, 0.2) is 48.5 Å². The van der Waals surface area contributed by atoms with E-state index in [2.05, 4.69) is 4.72 Å². The second kappa shape index (κ2) is 8.84. The van der Waals surface area contributed by atoms with Crippen molar-refractivity contribution in [3.63, 3.8) is 0 Å². The summed E-state index contributed by atoms with van der Waals surface area (Å²) in [5.41, 5.74) is 0.671. The van der Waals surface area contributed by atoms with Crippen LogP contribution in [-0.4, -0.2) is 57.0 Å². The Morgan fingerprint density at radius 2 is 1.79 bits per heavy atom. The van der Waals surface area contributed by atoms with Gasteiger partial charge in [-0.3, -0.25) is 0 Å². The Labute approximate surface area is 195 Å². The van der Waals surface area contributed by atoms with Gasteiger partial charge in [-0.1, -0.05) is 48.5 Å². The van der Waals surface area contributed by atoms with Crippen molar-refractivity contribution in [3.05, 3.63) is 59.9 Å². The molecule has 4 rings (SSSR count). The molecular weight excluding hydrogens is 474 g/mol. The molecular formula is C23H25F4N3O3S. The van der Waals surface area contributed by atoms with Gasteiger partial charge in [0.1, 0.15) is 12.4 Å². The van der Waals surface area contributed by atoms with Gasteiger partial charge in [-0.15, -0.1) is 0 Å². The molecule has 1 aliphatic heterocycles. The third-order valence-corrected chi connectivity index (χ3v) is 7.14. The topological polar surface area (TPSA) is 78.5 Å². The quantitative estimate of drug-likeness (QED) is 0.596. The summed E-state index contributed by atoms with van der Waals surface area (Å²) in [5, 5.41) is 1.87. The van der Waals surface area contributed by atoms with Crippen molar-refractivity contribution in [2.45, 2.75) is 37.5 Å². The summed E-state index contributed by atoms with van der Waals surface area (Å²) in [4.78, 5) is 14.0. The van der Waals surface area contributed by atoms with E-state index in [0.717, 1.165) is 6.26 Å². The van der Waals surface area contributed by atoms with Gasteiger partial charge in [0.15, 0.2) is 0 Å². The average Bonchev–Trinajstić information content (AvgIpc) is 3.48. The van der Waals surface area contributed by atoms with Crippen molar-refractivity contribution < 1.29 is 30.8 Å². The van der Waals surface area contributed by atoms with E-state index in [-0.39, 0.29) is 18.5 Å². The van der Waals surface area contributed by atoms with Crippen molar-refractivity contribution in [2.75, 3.05) is 19.3 Å². The van der Waals surface area contributed by atoms with Crippen LogP contribution in [0, 0.1) is 11.2 Å². The fraction of sp³-hybridized carbons (Fsp3) is 0.435. The molecule has 1 heterocycles. The number of likely N-dealkylation sites (tertiary alicyclic amines) is 1. The van der Waals surface area contributed by atoms with Crippen molar-refractivity contribution >= 4 is 16.1 Å². The van der Waals surface area contributed by atoms with Crippen molar-refractivity contribution in [2.24, 2.45) is 5.41 Å². The standard InChI is InChI=1S/C23H25F4N3O3S/c1-34(32,33)29-20-18(30(14-22(20)10-11-22)21(31)28-13-23(25,26)27)12-16-8-5-9-17(19(16)24)15-6-3-2-4-7-15/h2-9,18,20,29H,10-14H2,1H3,(H,28,31)/t18-,20+/m0/s1. The van der Waals surface area contributed by atoms with Crippen LogP contribution in [0.25, 0.3) is 11.1 Å². The SMILES string of the molecule is CS(=O)(=O)N[C@@H]1[C@H](Cc2cccc(-c3ccccc3)c2F)N(C(=O)NCC(F)(F)F)CC12CC2. The number of sulfonamides is 1. The Bertz CT molecular complexity index is 1170. The number of urea groups is 1. The highest BCUT2D eigenvalue weighted by molar-refractivity contribution is 7.88. The largest absolute Gasteiger partial charge is 0.405 e. The molecule has 2 aromatic rings. The van der Waals surface area contributed by atoms with Crippen LogP contribution in [-0.2, 0) is 16.4 Å². The minimum atomic E-state index is -4.59. The van der Waals surface area contributed by atoms with Gasteiger partial charge in [-0.2, -0.15) is 13.2 Å². The molecule has 2 aromatic carbocycles. The molecule has 34 heavy (non-hydrogen) atoms. The molecule has 1 saturated heterocycles. The first-order valence-electron chi connectivity index (χ1n) is 10.8. The number of hydrogen-bond acceptors (Lipinski definition) is 3. The summed E-state index contributed by atoms with van der Waals surface area (Å²) in [5.74, 6) is -0.515. The molecule has 0 unspecified atom stereocenters. The zero-order valence-electron chi connectivity index (χ0n) is 18.4. The monoisotopic (exact) mass is 499 g/mol. The predicted molar refractivity (Wildman–Crippen MR) is 119 cm³/mol. The van der Waals surface area contributed by atoms with Crippen LogP contribution in [0.5, 0.6) is 0 Å². The van der Waals surface area contributed by atoms with E-state index >= 15 is 4.39 Å². The predicted octanol–water partition coefficient (Wildman–Crippen LogP) is 3.69. The molecule has 2 atom stereocenters. The highest BCUT2D eigenvalue weighted by atomic mass is 32.2. The van der Waals surface area contributed by atoms with Gasteiger partial charge in [0.05, 0.1) is 12.3 Å². The lowest BCUT2D eigenvalue weighted by atomic mass is 9.91. The molecule has 2 amide bonds. The second-order valence-electron chi connectivity index (χ2n) is 9.05. The molecule has 184 valence electrons. The molecule has 0 bridgehead atoms. The minimum Gasteiger partial charge on any atom is -0.329 e. The van der Waals surface area contributed by atoms with Crippen molar-refractivity contribution in [1.82, 2.24) is 14.9 Å². The molecule has 0 aromatic heterocycles. The molecule has 1 spiro atoms. The molecule has 2 N–H and O–H groups in total. The molecule has 2 aliphatic rings. The second-order valence-corrected chi connectivity index (χ2v) is 10.8. The molecule has 1 saturated carbocycles. The van der Waals surface area contributed by atoms with E-state index in [9.17, 15) is 26.4 Å². The van der Waals surface area contributed by atoms with Gasteiger partial charge in [0, 0.05) is 23.6 Å². The van der Waals surface area contributed by atoms with Crippen LogP contribution in [0.4, 0.5) is 22.4 Å². The molecule has 1 aliphatic carbocycles. The number of nitrogens with one attached hydrogen (secondary N) is 2. The van der Waals surface area contributed by atoms with Gasteiger partial charge >= 0.3 is 12.2 Å². The Balaban J connectivity index is 1.67. The number of carbonyl (C=O) groups is 1. The van der Waals surface area contributed by atoms with Crippen LogP contribution >= 0.6 is 0 Å². The van der Waals surface area contributed by atoms with Crippen LogP contribution in [0.3, 0.4) is 0 Å². The number of halogens is 4. The fourth-order valence-corrected chi connectivity index (χ4v) is 5.61. The van der Waals surface area contributed by atoms with E-state index in [1.54, 1.807) is 48.5 Å². The normalized spacial score (nSPS) is 21.6.